The Kier molecular flexibility index (Phi) is 6.74. The van der Waals surface area contributed by atoms with Gasteiger partial charge in [0.25, 0.3) is 0 Å². The van der Waals surface area contributed by atoms with E-state index in [1.165, 1.54) is 29.3 Å². The van der Waals surface area contributed by atoms with Crippen LogP contribution in [0.5, 0.6) is 0 Å². The zero-order chi connectivity index (χ0) is 25.9. The van der Waals surface area contributed by atoms with Gasteiger partial charge in [0, 0.05) is 49.1 Å². The van der Waals surface area contributed by atoms with Crippen molar-refractivity contribution >= 4 is 40.5 Å². The molecule has 0 bridgehead atoms. The molecule has 0 unspecified atom stereocenters. The molecule has 0 radical (unpaired) electrons. The lowest BCUT2D eigenvalue weighted by molar-refractivity contribution is 0.262. The summed E-state index contributed by atoms with van der Waals surface area (Å²) in [5.74, 6) is 0.193. The molecular weight excluding hydrogens is 491 g/mol. The van der Waals surface area contributed by atoms with E-state index in [0.29, 0.717) is 17.9 Å². The van der Waals surface area contributed by atoms with Gasteiger partial charge in [0.2, 0.25) is 0 Å². The van der Waals surface area contributed by atoms with Gasteiger partial charge in [-0.2, -0.15) is 0 Å². The number of hydrogen-bond donors (Lipinski definition) is 2. The predicted molar refractivity (Wildman–Crippen MR) is 146 cm³/mol. The number of fused-ring (bicyclic) bond motifs is 1. The number of aromatic nitrogens is 3. The van der Waals surface area contributed by atoms with Crippen LogP contribution in [-0.4, -0.2) is 27.4 Å². The van der Waals surface area contributed by atoms with Crippen molar-refractivity contribution in [3.63, 3.8) is 0 Å². The molecule has 186 valence electrons. The number of anilines is 3. The molecule has 0 saturated heterocycles. The molecule has 5 rings (SSSR count). The standard InChI is InChI=1S/C28H24ClFN6O/c1-18-6-8-19(9-7-18)16-35(2)27-26-31-12-13-36(26)17-25(34-27)20-4-3-5-21(14-20)32-28(37)33-22-10-11-24(30)23(29)15-22/h3-15,17H,16H2,1-2H3,(H2,32,33,37). The molecule has 0 aliphatic heterocycles. The zero-order valence-electron chi connectivity index (χ0n) is 20.2. The third kappa shape index (κ3) is 5.54. The summed E-state index contributed by atoms with van der Waals surface area (Å²) in [7, 11) is 1.99. The number of benzene rings is 3. The Morgan fingerprint density at radius 1 is 1.05 bits per heavy atom. The first-order valence-corrected chi connectivity index (χ1v) is 12.0. The molecule has 0 aliphatic carbocycles. The molecule has 2 heterocycles. The van der Waals surface area contributed by atoms with E-state index in [1.807, 2.05) is 42.0 Å². The Hall–Kier alpha value is -4.43. The third-order valence-electron chi connectivity index (χ3n) is 5.85. The van der Waals surface area contributed by atoms with Crippen molar-refractivity contribution in [3.8, 4) is 11.3 Å². The Balaban J connectivity index is 1.39. The van der Waals surface area contributed by atoms with Crippen LogP contribution in [0.2, 0.25) is 5.02 Å². The van der Waals surface area contributed by atoms with Gasteiger partial charge in [-0.05, 0) is 42.8 Å². The molecule has 7 nitrogen and oxygen atoms in total. The van der Waals surface area contributed by atoms with E-state index in [1.54, 1.807) is 12.3 Å². The van der Waals surface area contributed by atoms with Gasteiger partial charge < -0.3 is 19.9 Å². The first-order chi connectivity index (χ1) is 17.9. The smallest absolute Gasteiger partial charge is 0.323 e. The van der Waals surface area contributed by atoms with Crippen molar-refractivity contribution in [3.05, 3.63) is 107 Å². The Bertz CT molecular complexity index is 1580. The second-order valence-corrected chi connectivity index (χ2v) is 9.15. The fourth-order valence-corrected chi connectivity index (χ4v) is 4.16. The molecule has 0 aliphatic rings. The van der Waals surface area contributed by atoms with Gasteiger partial charge >= 0.3 is 6.03 Å². The van der Waals surface area contributed by atoms with Crippen LogP contribution in [-0.2, 0) is 6.54 Å². The number of aryl methyl sites for hydroxylation is 1. The van der Waals surface area contributed by atoms with Crippen LogP contribution in [0, 0.1) is 12.7 Å². The fourth-order valence-electron chi connectivity index (χ4n) is 3.98. The summed E-state index contributed by atoms with van der Waals surface area (Å²) in [6.07, 6.45) is 5.53. The highest BCUT2D eigenvalue weighted by atomic mass is 35.5. The molecule has 9 heteroatoms. The SMILES string of the molecule is Cc1ccc(CN(C)c2nc(-c3cccc(NC(=O)Nc4ccc(F)c(Cl)c4)c3)cn3ccnc23)cc1. The Morgan fingerprint density at radius 3 is 2.57 bits per heavy atom. The molecule has 0 fully saturated rings. The van der Waals surface area contributed by atoms with E-state index in [2.05, 4.69) is 51.7 Å². The number of amides is 2. The summed E-state index contributed by atoms with van der Waals surface area (Å²) < 4.78 is 15.3. The van der Waals surface area contributed by atoms with Gasteiger partial charge in [-0.1, -0.05) is 53.6 Å². The highest BCUT2D eigenvalue weighted by Gasteiger charge is 2.14. The minimum atomic E-state index is -0.549. The predicted octanol–water partition coefficient (Wildman–Crippen LogP) is 6.78. The Morgan fingerprint density at radius 2 is 1.81 bits per heavy atom. The summed E-state index contributed by atoms with van der Waals surface area (Å²) in [5, 5.41) is 5.38. The van der Waals surface area contributed by atoms with Gasteiger partial charge in [-0.15, -0.1) is 0 Å². The van der Waals surface area contributed by atoms with Crippen LogP contribution in [0.4, 0.5) is 26.4 Å². The number of carbonyl (C=O) groups excluding carboxylic acids is 1. The van der Waals surface area contributed by atoms with Crippen LogP contribution in [0.15, 0.2) is 85.3 Å². The second-order valence-electron chi connectivity index (χ2n) is 8.74. The van der Waals surface area contributed by atoms with Gasteiger partial charge in [0.1, 0.15) is 5.82 Å². The van der Waals surface area contributed by atoms with Crippen LogP contribution < -0.4 is 15.5 Å². The van der Waals surface area contributed by atoms with E-state index >= 15 is 0 Å². The van der Waals surface area contributed by atoms with Crippen LogP contribution in [0.1, 0.15) is 11.1 Å². The third-order valence-corrected chi connectivity index (χ3v) is 6.14. The first kappa shape index (κ1) is 24.3. The molecule has 2 N–H and O–H groups in total. The van der Waals surface area contributed by atoms with E-state index in [4.69, 9.17) is 16.6 Å². The maximum atomic E-state index is 13.4. The van der Waals surface area contributed by atoms with Crippen molar-refractivity contribution in [2.45, 2.75) is 13.5 Å². The van der Waals surface area contributed by atoms with E-state index in [-0.39, 0.29) is 5.02 Å². The first-order valence-electron chi connectivity index (χ1n) is 11.6. The molecule has 37 heavy (non-hydrogen) atoms. The van der Waals surface area contributed by atoms with Gasteiger partial charge in [-0.25, -0.2) is 19.2 Å². The molecule has 2 amide bonds. The number of nitrogens with one attached hydrogen (secondary N) is 2. The van der Waals surface area contributed by atoms with Gasteiger partial charge in [0.05, 0.1) is 10.7 Å². The number of urea groups is 1. The van der Waals surface area contributed by atoms with Crippen molar-refractivity contribution in [2.75, 3.05) is 22.6 Å². The van der Waals surface area contributed by atoms with Gasteiger partial charge in [-0.3, -0.25) is 0 Å². The lowest BCUT2D eigenvalue weighted by Crippen LogP contribution is -2.19. The van der Waals surface area contributed by atoms with E-state index in [0.717, 1.165) is 22.7 Å². The number of carbonyl (C=O) groups is 1. The van der Waals surface area contributed by atoms with Gasteiger partial charge in [0.15, 0.2) is 11.5 Å². The monoisotopic (exact) mass is 514 g/mol. The molecule has 0 spiro atoms. The summed E-state index contributed by atoms with van der Waals surface area (Å²) in [5.41, 5.74) is 5.65. The number of hydrogen-bond acceptors (Lipinski definition) is 4. The lowest BCUT2D eigenvalue weighted by atomic mass is 10.1. The average Bonchev–Trinajstić information content (AvgIpc) is 3.36. The van der Waals surface area contributed by atoms with E-state index in [9.17, 15) is 9.18 Å². The maximum absolute atomic E-state index is 13.4. The topological polar surface area (TPSA) is 74.6 Å². The van der Waals surface area contributed by atoms with Crippen molar-refractivity contribution in [2.24, 2.45) is 0 Å². The molecular formula is C28H24ClFN6O. The molecule has 2 aromatic heterocycles. The molecule has 0 atom stereocenters. The van der Waals surface area contributed by atoms with Crippen molar-refractivity contribution in [1.29, 1.82) is 0 Å². The number of halogens is 2. The van der Waals surface area contributed by atoms with Crippen LogP contribution in [0.3, 0.4) is 0 Å². The molecule has 0 saturated carbocycles. The van der Waals surface area contributed by atoms with Crippen LogP contribution in [0.25, 0.3) is 16.9 Å². The summed E-state index contributed by atoms with van der Waals surface area (Å²) in [6.45, 7) is 2.74. The number of nitrogens with zero attached hydrogens (tertiary/aromatic N) is 4. The van der Waals surface area contributed by atoms with Crippen molar-refractivity contribution in [1.82, 2.24) is 14.4 Å². The van der Waals surface area contributed by atoms with Crippen LogP contribution >= 0.6 is 11.6 Å². The van der Waals surface area contributed by atoms with Crippen molar-refractivity contribution < 1.29 is 9.18 Å². The Labute approximate surface area is 218 Å². The fraction of sp³-hybridized carbons (Fsp3) is 0.107. The quantitative estimate of drug-likeness (QED) is 0.262. The summed E-state index contributed by atoms with van der Waals surface area (Å²) >= 11 is 5.80. The minimum absolute atomic E-state index is 0.0658. The largest absolute Gasteiger partial charge is 0.352 e. The highest BCUT2D eigenvalue weighted by molar-refractivity contribution is 6.31. The zero-order valence-corrected chi connectivity index (χ0v) is 21.0. The highest BCUT2D eigenvalue weighted by Crippen LogP contribution is 2.27. The summed E-state index contributed by atoms with van der Waals surface area (Å²) in [6, 6.07) is 19.3. The average molecular weight is 515 g/mol. The summed E-state index contributed by atoms with van der Waals surface area (Å²) in [4.78, 5) is 24.0. The minimum Gasteiger partial charge on any atom is -0.352 e. The van der Waals surface area contributed by atoms with E-state index < -0.39 is 11.8 Å². The molecule has 3 aromatic carbocycles. The number of imidazole rings is 1. The second kappa shape index (κ2) is 10.3. The lowest BCUT2D eigenvalue weighted by Gasteiger charge is -2.20. The number of rotatable bonds is 6. The molecule has 5 aromatic rings. The maximum Gasteiger partial charge on any atom is 0.323 e. The normalized spacial score (nSPS) is 10.9.